The van der Waals surface area contributed by atoms with Crippen LogP contribution in [0.1, 0.15) is 53.4 Å². The van der Waals surface area contributed by atoms with Gasteiger partial charge in [-0.3, -0.25) is 4.90 Å². The molecule has 2 aliphatic rings. The predicted octanol–water partition coefficient (Wildman–Crippen LogP) is 2.64. The third-order valence-corrected chi connectivity index (χ3v) is 5.35. The lowest BCUT2D eigenvalue weighted by atomic mass is 9.78. The van der Waals surface area contributed by atoms with E-state index in [4.69, 9.17) is 10.5 Å². The molecule has 0 bridgehead atoms. The summed E-state index contributed by atoms with van der Waals surface area (Å²) < 4.78 is 5.96. The summed E-state index contributed by atoms with van der Waals surface area (Å²) >= 11 is 0. The van der Waals surface area contributed by atoms with Crippen LogP contribution in [-0.2, 0) is 4.74 Å². The van der Waals surface area contributed by atoms with Crippen molar-refractivity contribution in [1.29, 1.82) is 0 Å². The Bertz CT molecular complexity index is 294. The van der Waals surface area contributed by atoms with Gasteiger partial charge in [0.1, 0.15) is 0 Å². The summed E-state index contributed by atoms with van der Waals surface area (Å²) in [5, 5.41) is 0. The molecule has 0 aromatic heterocycles. The molecule has 2 heterocycles. The van der Waals surface area contributed by atoms with E-state index in [9.17, 15) is 0 Å². The lowest BCUT2D eigenvalue weighted by Gasteiger charge is -2.53. The highest BCUT2D eigenvalue weighted by molar-refractivity contribution is 5.00. The number of nitrogens with two attached hydrogens (primary N) is 1. The van der Waals surface area contributed by atoms with Crippen molar-refractivity contribution in [3.8, 4) is 0 Å². The van der Waals surface area contributed by atoms with Gasteiger partial charge in [-0.05, 0) is 51.0 Å². The molecule has 2 rings (SSSR count). The molecule has 0 saturated carbocycles. The second-order valence-corrected chi connectivity index (χ2v) is 7.21. The Morgan fingerprint density at radius 3 is 2.68 bits per heavy atom. The van der Waals surface area contributed by atoms with E-state index in [1.54, 1.807) is 0 Å². The minimum absolute atomic E-state index is 0.187. The van der Waals surface area contributed by atoms with E-state index < -0.39 is 0 Å². The number of piperidine rings is 1. The van der Waals surface area contributed by atoms with Crippen molar-refractivity contribution in [2.45, 2.75) is 71.1 Å². The topological polar surface area (TPSA) is 38.5 Å². The maximum atomic E-state index is 6.23. The summed E-state index contributed by atoms with van der Waals surface area (Å²) in [6.07, 6.45) is 5.23. The second kappa shape index (κ2) is 6.11. The first kappa shape index (κ1) is 15.3. The van der Waals surface area contributed by atoms with Gasteiger partial charge in [0, 0.05) is 24.7 Å². The van der Waals surface area contributed by atoms with Crippen LogP contribution >= 0.6 is 0 Å². The van der Waals surface area contributed by atoms with Crippen molar-refractivity contribution in [3.63, 3.8) is 0 Å². The van der Waals surface area contributed by atoms with Crippen LogP contribution in [0.25, 0.3) is 0 Å². The minimum Gasteiger partial charge on any atom is -0.378 e. The van der Waals surface area contributed by atoms with E-state index in [0.29, 0.717) is 18.1 Å². The van der Waals surface area contributed by atoms with Gasteiger partial charge in [0.25, 0.3) is 0 Å². The Morgan fingerprint density at radius 1 is 1.37 bits per heavy atom. The van der Waals surface area contributed by atoms with Gasteiger partial charge >= 0.3 is 0 Å². The van der Waals surface area contributed by atoms with Crippen LogP contribution < -0.4 is 5.73 Å². The third kappa shape index (κ3) is 3.14. The van der Waals surface area contributed by atoms with Gasteiger partial charge in [0.2, 0.25) is 0 Å². The first-order chi connectivity index (χ1) is 8.98. The lowest BCUT2D eigenvalue weighted by molar-refractivity contribution is -0.106. The summed E-state index contributed by atoms with van der Waals surface area (Å²) in [5.41, 5.74) is 6.42. The van der Waals surface area contributed by atoms with Crippen LogP contribution in [0.4, 0.5) is 0 Å². The Labute approximate surface area is 118 Å². The van der Waals surface area contributed by atoms with Gasteiger partial charge in [-0.25, -0.2) is 0 Å². The van der Waals surface area contributed by atoms with E-state index in [-0.39, 0.29) is 5.54 Å². The van der Waals surface area contributed by atoms with E-state index in [2.05, 4.69) is 32.6 Å². The zero-order chi connectivity index (χ0) is 14.0. The summed E-state index contributed by atoms with van der Waals surface area (Å²) in [5.74, 6) is 1.45. The molecule has 0 amide bonds. The van der Waals surface area contributed by atoms with Crippen molar-refractivity contribution in [2.24, 2.45) is 17.6 Å². The molecule has 2 saturated heterocycles. The molecule has 0 radical (unpaired) electrons. The number of nitrogens with zero attached hydrogens (tertiary/aromatic N) is 1. The highest BCUT2D eigenvalue weighted by atomic mass is 16.5. The van der Waals surface area contributed by atoms with E-state index in [1.807, 2.05) is 0 Å². The van der Waals surface area contributed by atoms with Crippen molar-refractivity contribution >= 4 is 0 Å². The summed E-state index contributed by atoms with van der Waals surface area (Å²) in [6.45, 7) is 12.1. The second-order valence-electron chi connectivity index (χ2n) is 7.21. The molecular formula is C16H32N2O. The lowest BCUT2D eigenvalue weighted by Crippen LogP contribution is -2.63. The fourth-order valence-electron chi connectivity index (χ4n) is 4.04. The number of hydrogen-bond acceptors (Lipinski definition) is 3. The average Bonchev–Trinajstić information content (AvgIpc) is 2.38. The monoisotopic (exact) mass is 268 g/mol. The molecule has 2 fully saturated rings. The highest BCUT2D eigenvalue weighted by Crippen LogP contribution is 2.37. The molecule has 0 aromatic rings. The maximum absolute atomic E-state index is 6.23. The highest BCUT2D eigenvalue weighted by Gasteiger charge is 2.44. The van der Waals surface area contributed by atoms with Gasteiger partial charge in [0.15, 0.2) is 0 Å². The largest absolute Gasteiger partial charge is 0.378 e. The average molecular weight is 268 g/mol. The molecule has 19 heavy (non-hydrogen) atoms. The number of ether oxygens (including phenoxy) is 1. The van der Waals surface area contributed by atoms with Gasteiger partial charge in [-0.2, -0.15) is 0 Å². The van der Waals surface area contributed by atoms with Crippen LogP contribution in [0.15, 0.2) is 0 Å². The number of hydrogen-bond donors (Lipinski definition) is 1. The zero-order valence-corrected chi connectivity index (χ0v) is 13.2. The quantitative estimate of drug-likeness (QED) is 0.855. The Balaban J connectivity index is 2.12. The van der Waals surface area contributed by atoms with Crippen LogP contribution in [-0.4, -0.2) is 42.3 Å². The molecular weight excluding hydrogens is 236 g/mol. The van der Waals surface area contributed by atoms with E-state index in [1.165, 1.54) is 19.4 Å². The molecule has 112 valence electrons. The molecule has 0 aliphatic carbocycles. The molecule has 0 spiro atoms. The predicted molar refractivity (Wildman–Crippen MR) is 80.2 cm³/mol. The Morgan fingerprint density at radius 2 is 2.11 bits per heavy atom. The van der Waals surface area contributed by atoms with Crippen molar-refractivity contribution in [2.75, 3.05) is 19.7 Å². The van der Waals surface area contributed by atoms with Crippen molar-refractivity contribution < 1.29 is 4.74 Å². The standard InChI is InChI=1S/C16H32N2O/c1-12(2)15-10-16(11-17,6-8-19-15)18-7-5-13(3)9-14(18)4/h12-15H,5-11,17H2,1-4H3. The molecule has 4 atom stereocenters. The van der Waals surface area contributed by atoms with Crippen LogP contribution in [0, 0.1) is 11.8 Å². The molecule has 3 nitrogen and oxygen atoms in total. The first-order valence-corrected chi connectivity index (χ1v) is 8.07. The van der Waals surface area contributed by atoms with Gasteiger partial charge in [-0.1, -0.05) is 20.8 Å². The Kier molecular flexibility index (Phi) is 4.91. The smallest absolute Gasteiger partial charge is 0.0616 e. The normalized spacial score (nSPS) is 41.7. The van der Waals surface area contributed by atoms with Crippen LogP contribution in [0.2, 0.25) is 0 Å². The molecule has 2 aliphatic heterocycles. The number of rotatable bonds is 3. The summed E-state index contributed by atoms with van der Waals surface area (Å²) in [7, 11) is 0. The molecule has 0 aromatic carbocycles. The van der Waals surface area contributed by atoms with Gasteiger partial charge in [-0.15, -0.1) is 0 Å². The van der Waals surface area contributed by atoms with Gasteiger partial charge < -0.3 is 10.5 Å². The number of likely N-dealkylation sites (tertiary alicyclic amines) is 1. The molecule has 4 unspecified atom stereocenters. The SMILES string of the molecule is CC1CCN(C2(CN)CCOC(C(C)C)C2)C(C)C1. The summed E-state index contributed by atoms with van der Waals surface area (Å²) in [4.78, 5) is 2.71. The van der Waals surface area contributed by atoms with Crippen molar-refractivity contribution in [3.05, 3.63) is 0 Å². The van der Waals surface area contributed by atoms with E-state index in [0.717, 1.165) is 31.9 Å². The fourth-order valence-corrected chi connectivity index (χ4v) is 4.04. The maximum Gasteiger partial charge on any atom is 0.0616 e. The first-order valence-electron chi connectivity index (χ1n) is 8.07. The third-order valence-electron chi connectivity index (χ3n) is 5.35. The van der Waals surface area contributed by atoms with E-state index >= 15 is 0 Å². The van der Waals surface area contributed by atoms with Crippen LogP contribution in [0.5, 0.6) is 0 Å². The van der Waals surface area contributed by atoms with Crippen molar-refractivity contribution in [1.82, 2.24) is 4.90 Å². The fraction of sp³-hybridized carbons (Fsp3) is 1.00. The molecule has 3 heteroatoms. The summed E-state index contributed by atoms with van der Waals surface area (Å²) in [6, 6.07) is 0.665. The Hall–Kier alpha value is -0.120. The van der Waals surface area contributed by atoms with Gasteiger partial charge in [0.05, 0.1) is 6.10 Å². The minimum atomic E-state index is 0.187. The van der Waals surface area contributed by atoms with Crippen LogP contribution in [0.3, 0.4) is 0 Å². The zero-order valence-electron chi connectivity index (χ0n) is 13.2. The molecule has 2 N–H and O–H groups in total.